The van der Waals surface area contributed by atoms with Crippen molar-refractivity contribution in [2.24, 2.45) is 0 Å². The fourth-order valence-corrected chi connectivity index (χ4v) is 5.78. The predicted octanol–water partition coefficient (Wildman–Crippen LogP) is 5.07. The van der Waals surface area contributed by atoms with E-state index in [0.29, 0.717) is 5.56 Å². The van der Waals surface area contributed by atoms with E-state index in [4.69, 9.17) is 9.84 Å². The van der Waals surface area contributed by atoms with Crippen LogP contribution < -0.4 is 9.04 Å². The van der Waals surface area contributed by atoms with Gasteiger partial charge in [0, 0.05) is 12.0 Å². The molecule has 34 heavy (non-hydrogen) atoms. The highest BCUT2D eigenvalue weighted by Crippen LogP contribution is 2.41. The zero-order valence-corrected chi connectivity index (χ0v) is 19.4. The number of fused-ring (bicyclic) bond motifs is 1. The molecule has 1 aliphatic rings. The third-order valence-corrected chi connectivity index (χ3v) is 7.86. The van der Waals surface area contributed by atoms with E-state index in [9.17, 15) is 22.0 Å². The third kappa shape index (κ3) is 4.48. The lowest BCUT2D eigenvalue weighted by Crippen LogP contribution is -2.44. The molecule has 0 saturated carbocycles. The molecular weight excluding hydrogens is 464 g/mol. The standard InChI is InChI=1S/C25H23F2NO5S/c1-15-4-3-5-24(16(15)2)34(31,32)28-14-19(8-11-25(29)30)33-23-10-6-17(12-22(23)28)20-13-18(26)7-9-21(20)27/h3-7,9-10,12-13,19H,8,11,14H2,1-2H3,(H,29,30)/t19-/m0/s1. The monoisotopic (exact) mass is 487 g/mol. The van der Waals surface area contributed by atoms with E-state index >= 15 is 0 Å². The third-order valence-electron chi connectivity index (χ3n) is 5.93. The largest absolute Gasteiger partial charge is 0.486 e. The van der Waals surface area contributed by atoms with Gasteiger partial charge in [0.2, 0.25) is 0 Å². The van der Waals surface area contributed by atoms with Crippen LogP contribution in [0.5, 0.6) is 5.75 Å². The van der Waals surface area contributed by atoms with Crippen molar-refractivity contribution in [3.8, 4) is 16.9 Å². The fourth-order valence-electron chi connectivity index (χ4n) is 3.98. The van der Waals surface area contributed by atoms with Crippen LogP contribution in [0.1, 0.15) is 24.0 Å². The van der Waals surface area contributed by atoms with Gasteiger partial charge >= 0.3 is 5.97 Å². The number of carboxylic acid groups (broad SMARTS) is 1. The van der Waals surface area contributed by atoms with Gasteiger partial charge in [0.25, 0.3) is 10.0 Å². The average molecular weight is 488 g/mol. The number of rotatable bonds is 6. The van der Waals surface area contributed by atoms with Gasteiger partial charge in [-0.3, -0.25) is 9.10 Å². The predicted molar refractivity (Wildman–Crippen MR) is 124 cm³/mol. The molecule has 0 aliphatic carbocycles. The number of aryl methyl sites for hydroxylation is 1. The lowest BCUT2D eigenvalue weighted by atomic mass is 10.0. The maximum Gasteiger partial charge on any atom is 0.303 e. The minimum Gasteiger partial charge on any atom is -0.486 e. The van der Waals surface area contributed by atoms with Gasteiger partial charge in [0.15, 0.2) is 0 Å². The van der Waals surface area contributed by atoms with E-state index < -0.39 is 33.7 Å². The second kappa shape index (κ2) is 9.06. The minimum atomic E-state index is -4.08. The van der Waals surface area contributed by atoms with Crippen molar-refractivity contribution in [3.05, 3.63) is 77.4 Å². The first-order valence-corrected chi connectivity index (χ1v) is 12.1. The van der Waals surface area contributed by atoms with Crippen molar-refractivity contribution in [2.45, 2.75) is 37.7 Å². The van der Waals surface area contributed by atoms with Crippen LogP contribution in [-0.4, -0.2) is 32.1 Å². The maximum absolute atomic E-state index is 14.4. The first-order chi connectivity index (χ1) is 16.1. The van der Waals surface area contributed by atoms with Crippen LogP contribution in [0.15, 0.2) is 59.5 Å². The van der Waals surface area contributed by atoms with E-state index in [1.165, 1.54) is 28.6 Å². The summed E-state index contributed by atoms with van der Waals surface area (Å²) in [6.45, 7) is 3.40. The summed E-state index contributed by atoms with van der Waals surface area (Å²) < 4.78 is 62.9. The zero-order valence-electron chi connectivity index (χ0n) is 18.6. The van der Waals surface area contributed by atoms with Crippen molar-refractivity contribution in [1.29, 1.82) is 0 Å². The summed E-state index contributed by atoms with van der Waals surface area (Å²) in [5.41, 5.74) is 1.83. The van der Waals surface area contributed by atoms with Crippen LogP contribution in [0.3, 0.4) is 0 Å². The Morgan fingerprint density at radius 2 is 1.88 bits per heavy atom. The second-order valence-electron chi connectivity index (χ2n) is 8.21. The normalized spacial score (nSPS) is 15.5. The Balaban J connectivity index is 1.85. The summed E-state index contributed by atoms with van der Waals surface area (Å²) in [5, 5.41) is 9.07. The average Bonchev–Trinajstić information content (AvgIpc) is 2.80. The molecule has 0 amide bonds. The Labute approximate surface area is 196 Å². The van der Waals surface area contributed by atoms with Gasteiger partial charge < -0.3 is 9.84 Å². The van der Waals surface area contributed by atoms with E-state index in [0.717, 1.165) is 23.8 Å². The van der Waals surface area contributed by atoms with Gasteiger partial charge in [-0.1, -0.05) is 18.2 Å². The molecule has 0 spiro atoms. The number of sulfonamides is 1. The first-order valence-electron chi connectivity index (χ1n) is 10.6. The molecule has 0 radical (unpaired) electrons. The minimum absolute atomic E-state index is 0.0140. The van der Waals surface area contributed by atoms with Crippen LogP contribution in [-0.2, 0) is 14.8 Å². The fraction of sp³-hybridized carbons (Fsp3) is 0.240. The summed E-state index contributed by atoms with van der Waals surface area (Å²) in [6, 6.07) is 12.5. The molecule has 1 N–H and O–H groups in total. The van der Waals surface area contributed by atoms with Gasteiger partial charge in [-0.05, 0) is 73.4 Å². The molecule has 3 aromatic carbocycles. The SMILES string of the molecule is Cc1cccc(S(=O)(=O)N2C[C@H](CCC(=O)O)Oc3ccc(-c4cc(F)ccc4F)cc32)c1C. The molecular formula is C25H23F2NO5S. The van der Waals surface area contributed by atoms with Crippen molar-refractivity contribution >= 4 is 21.7 Å². The molecule has 0 unspecified atom stereocenters. The molecule has 6 nitrogen and oxygen atoms in total. The number of ether oxygens (including phenoxy) is 1. The topological polar surface area (TPSA) is 83.9 Å². The van der Waals surface area contributed by atoms with Crippen LogP contribution >= 0.6 is 0 Å². The number of anilines is 1. The molecule has 0 bridgehead atoms. The smallest absolute Gasteiger partial charge is 0.303 e. The van der Waals surface area contributed by atoms with E-state index in [1.807, 2.05) is 13.0 Å². The highest BCUT2D eigenvalue weighted by Gasteiger charge is 2.36. The number of nitrogens with zero attached hydrogens (tertiary/aromatic N) is 1. The Bertz CT molecular complexity index is 1370. The number of hydrogen-bond donors (Lipinski definition) is 1. The van der Waals surface area contributed by atoms with E-state index in [2.05, 4.69) is 0 Å². The van der Waals surface area contributed by atoms with Crippen LogP contribution in [0, 0.1) is 25.5 Å². The highest BCUT2D eigenvalue weighted by molar-refractivity contribution is 7.93. The van der Waals surface area contributed by atoms with Gasteiger partial charge in [0.05, 0.1) is 17.1 Å². The molecule has 9 heteroatoms. The van der Waals surface area contributed by atoms with Gasteiger partial charge in [-0.2, -0.15) is 0 Å². The quantitative estimate of drug-likeness (QED) is 0.525. The summed E-state index contributed by atoms with van der Waals surface area (Å²) in [7, 11) is -4.08. The highest BCUT2D eigenvalue weighted by atomic mass is 32.2. The Morgan fingerprint density at radius 1 is 1.12 bits per heavy atom. The molecule has 1 atom stereocenters. The van der Waals surface area contributed by atoms with Crippen molar-refractivity contribution in [1.82, 2.24) is 0 Å². The molecule has 3 aromatic rings. The molecule has 0 aromatic heterocycles. The van der Waals surface area contributed by atoms with E-state index in [1.54, 1.807) is 13.0 Å². The summed E-state index contributed by atoms with van der Waals surface area (Å²) >= 11 is 0. The van der Waals surface area contributed by atoms with Crippen LogP contribution in [0.4, 0.5) is 14.5 Å². The van der Waals surface area contributed by atoms with E-state index in [-0.39, 0.29) is 46.8 Å². The van der Waals surface area contributed by atoms with Gasteiger partial charge in [-0.15, -0.1) is 0 Å². The van der Waals surface area contributed by atoms with Crippen LogP contribution in [0.2, 0.25) is 0 Å². The molecule has 0 fully saturated rings. The lowest BCUT2D eigenvalue weighted by Gasteiger charge is -2.36. The number of aliphatic carboxylic acids is 1. The molecule has 1 heterocycles. The van der Waals surface area contributed by atoms with Gasteiger partial charge in [0.1, 0.15) is 23.5 Å². The molecule has 178 valence electrons. The number of hydrogen-bond acceptors (Lipinski definition) is 4. The molecule has 0 saturated heterocycles. The number of carboxylic acids is 1. The second-order valence-corrected chi connectivity index (χ2v) is 10.0. The maximum atomic E-state index is 14.4. The summed E-state index contributed by atoms with van der Waals surface area (Å²) in [4.78, 5) is 11.2. The number of carbonyl (C=O) groups is 1. The van der Waals surface area contributed by atoms with Gasteiger partial charge in [-0.25, -0.2) is 17.2 Å². The molecule has 1 aliphatic heterocycles. The summed E-state index contributed by atoms with van der Waals surface area (Å²) in [6.07, 6.45) is -0.780. The van der Waals surface area contributed by atoms with Crippen LogP contribution in [0.25, 0.3) is 11.1 Å². The molecule has 4 rings (SSSR count). The van der Waals surface area contributed by atoms with Crippen molar-refractivity contribution < 1.29 is 31.8 Å². The Morgan fingerprint density at radius 3 is 2.62 bits per heavy atom. The van der Waals surface area contributed by atoms with Crippen molar-refractivity contribution in [3.63, 3.8) is 0 Å². The Kier molecular flexibility index (Phi) is 6.31. The first kappa shape index (κ1) is 23.7. The van der Waals surface area contributed by atoms with Crippen molar-refractivity contribution in [2.75, 3.05) is 10.8 Å². The lowest BCUT2D eigenvalue weighted by molar-refractivity contribution is -0.137. The Hall–Kier alpha value is -3.46. The number of halogens is 2. The number of benzene rings is 3. The zero-order chi connectivity index (χ0) is 24.6. The summed E-state index contributed by atoms with van der Waals surface area (Å²) in [5.74, 6) is -2.08.